The van der Waals surface area contributed by atoms with Gasteiger partial charge in [0.1, 0.15) is 11.6 Å². The molecule has 0 spiro atoms. The summed E-state index contributed by atoms with van der Waals surface area (Å²) in [6.45, 7) is 6.06. The van der Waals surface area contributed by atoms with Crippen molar-refractivity contribution < 1.29 is 9.59 Å². The molecule has 0 unspecified atom stereocenters. The Morgan fingerprint density at radius 3 is 2.35 bits per heavy atom. The number of nitrogens with one attached hydrogen (secondary N) is 1. The zero-order valence-electron chi connectivity index (χ0n) is 17.3. The third-order valence-corrected chi connectivity index (χ3v) is 4.97. The molecule has 1 saturated heterocycles. The fraction of sp³-hybridized carbons (Fsp3) is 0.286. The van der Waals surface area contributed by atoms with Gasteiger partial charge in [0.2, 0.25) is 11.9 Å². The highest BCUT2D eigenvalue weighted by Gasteiger charge is 2.20. The molecule has 0 aromatic carbocycles. The molecule has 0 radical (unpaired) electrons. The summed E-state index contributed by atoms with van der Waals surface area (Å²) in [5.41, 5.74) is 1.18. The highest BCUT2D eigenvalue weighted by atomic mass is 16.2. The van der Waals surface area contributed by atoms with Gasteiger partial charge in [-0.1, -0.05) is 0 Å². The number of nitrogens with zero attached hydrogens (tertiary/aromatic N) is 7. The zero-order valence-corrected chi connectivity index (χ0v) is 17.3. The van der Waals surface area contributed by atoms with E-state index in [2.05, 4.69) is 35.1 Å². The van der Waals surface area contributed by atoms with Crippen molar-refractivity contribution in [1.82, 2.24) is 29.8 Å². The monoisotopic (exact) mass is 418 g/mol. The zero-order chi connectivity index (χ0) is 21.8. The first-order chi connectivity index (χ1) is 15.0. The molecule has 0 saturated carbocycles. The summed E-state index contributed by atoms with van der Waals surface area (Å²) in [6.07, 6.45) is 4.83. The molecule has 1 N–H and O–H groups in total. The Bertz CT molecular complexity index is 1080. The highest BCUT2D eigenvalue weighted by molar-refractivity contribution is 6.03. The average molecular weight is 418 g/mol. The van der Waals surface area contributed by atoms with Crippen LogP contribution in [0.1, 0.15) is 23.1 Å². The quantitative estimate of drug-likeness (QED) is 0.678. The number of anilines is 2. The summed E-state index contributed by atoms with van der Waals surface area (Å²) in [6, 6.07) is 7.10. The predicted molar refractivity (Wildman–Crippen MR) is 114 cm³/mol. The fourth-order valence-electron chi connectivity index (χ4n) is 3.30. The Labute approximate surface area is 179 Å². The van der Waals surface area contributed by atoms with E-state index in [1.54, 1.807) is 50.5 Å². The molecule has 3 aromatic heterocycles. The summed E-state index contributed by atoms with van der Waals surface area (Å²) in [5.74, 6) is 1.63. The maximum atomic E-state index is 12.7. The Morgan fingerprint density at radius 2 is 1.71 bits per heavy atom. The van der Waals surface area contributed by atoms with Crippen molar-refractivity contribution in [2.24, 2.45) is 0 Å². The lowest BCUT2D eigenvalue weighted by molar-refractivity contribution is -0.129. The molecule has 1 aliphatic rings. The lowest BCUT2D eigenvalue weighted by atomic mass is 10.2. The van der Waals surface area contributed by atoms with Crippen molar-refractivity contribution in [1.29, 1.82) is 0 Å². The summed E-state index contributed by atoms with van der Waals surface area (Å²) < 4.78 is 0. The van der Waals surface area contributed by atoms with Crippen LogP contribution in [0.15, 0.2) is 42.9 Å². The molecule has 0 atom stereocenters. The van der Waals surface area contributed by atoms with Gasteiger partial charge >= 0.3 is 0 Å². The van der Waals surface area contributed by atoms with E-state index in [4.69, 9.17) is 0 Å². The second kappa shape index (κ2) is 8.82. The van der Waals surface area contributed by atoms with Crippen LogP contribution in [0.4, 0.5) is 11.8 Å². The molecule has 0 bridgehead atoms. The number of piperazine rings is 1. The number of aryl methyl sites for hydroxylation is 1. The number of hydrogen-bond donors (Lipinski definition) is 1. The van der Waals surface area contributed by atoms with Gasteiger partial charge in [-0.15, -0.1) is 0 Å². The Morgan fingerprint density at radius 1 is 0.968 bits per heavy atom. The van der Waals surface area contributed by atoms with Crippen LogP contribution in [0.2, 0.25) is 0 Å². The van der Waals surface area contributed by atoms with Crippen LogP contribution < -0.4 is 10.2 Å². The largest absolute Gasteiger partial charge is 0.353 e. The third-order valence-electron chi connectivity index (χ3n) is 4.97. The second-order valence-corrected chi connectivity index (χ2v) is 7.12. The van der Waals surface area contributed by atoms with E-state index in [0.717, 1.165) is 11.4 Å². The normalized spacial score (nSPS) is 13.7. The van der Waals surface area contributed by atoms with Gasteiger partial charge in [0.05, 0.1) is 5.56 Å². The number of pyridine rings is 2. The first-order valence-corrected chi connectivity index (χ1v) is 9.90. The third kappa shape index (κ3) is 4.80. The van der Waals surface area contributed by atoms with Crippen molar-refractivity contribution in [2.75, 3.05) is 36.4 Å². The number of amides is 2. The van der Waals surface area contributed by atoms with Crippen LogP contribution >= 0.6 is 0 Å². The summed E-state index contributed by atoms with van der Waals surface area (Å²) in [5, 5.41) is 2.71. The molecule has 10 heteroatoms. The number of carbonyl (C=O) groups is 2. The van der Waals surface area contributed by atoms with E-state index in [1.807, 2.05) is 4.90 Å². The average Bonchev–Trinajstić information content (AvgIpc) is 2.79. The second-order valence-electron chi connectivity index (χ2n) is 7.12. The molecule has 1 fully saturated rings. The molecule has 3 aromatic rings. The van der Waals surface area contributed by atoms with E-state index in [1.165, 1.54) is 6.20 Å². The number of hydrogen-bond acceptors (Lipinski definition) is 8. The van der Waals surface area contributed by atoms with Crippen molar-refractivity contribution in [2.45, 2.75) is 13.8 Å². The van der Waals surface area contributed by atoms with Crippen LogP contribution in [-0.2, 0) is 4.79 Å². The summed E-state index contributed by atoms with van der Waals surface area (Å²) in [7, 11) is 0. The standard InChI is InChI=1S/C21H22N8O2/c1-14-24-19(16-5-7-22-8-6-16)26-21(25-14)27-20(31)17-3-4-18(23-13-17)29-11-9-28(10-12-29)15(2)30/h3-8,13H,9-12H2,1-2H3,(H,24,25,26,27,31). The van der Waals surface area contributed by atoms with Gasteiger partial charge < -0.3 is 9.80 Å². The van der Waals surface area contributed by atoms with Gasteiger partial charge in [-0.3, -0.25) is 19.9 Å². The van der Waals surface area contributed by atoms with Crippen LogP contribution in [-0.4, -0.2) is 67.8 Å². The van der Waals surface area contributed by atoms with Gasteiger partial charge in [0.15, 0.2) is 5.82 Å². The lowest BCUT2D eigenvalue weighted by Crippen LogP contribution is -2.48. The van der Waals surface area contributed by atoms with Crippen molar-refractivity contribution in [3.05, 3.63) is 54.2 Å². The first-order valence-electron chi connectivity index (χ1n) is 9.90. The van der Waals surface area contributed by atoms with Crippen molar-refractivity contribution >= 4 is 23.6 Å². The van der Waals surface area contributed by atoms with Crippen LogP contribution in [0.5, 0.6) is 0 Å². The van der Waals surface area contributed by atoms with Gasteiger partial charge in [-0.05, 0) is 31.2 Å². The minimum Gasteiger partial charge on any atom is -0.353 e. The Kier molecular flexibility index (Phi) is 5.78. The topological polar surface area (TPSA) is 117 Å². The van der Waals surface area contributed by atoms with Gasteiger partial charge in [0.25, 0.3) is 5.91 Å². The van der Waals surface area contributed by atoms with E-state index in [-0.39, 0.29) is 17.8 Å². The van der Waals surface area contributed by atoms with E-state index in [9.17, 15) is 9.59 Å². The summed E-state index contributed by atoms with van der Waals surface area (Å²) >= 11 is 0. The minimum atomic E-state index is -0.355. The molecule has 4 heterocycles. The molecule has 31 heavy (non-hydrogen) atoms. The first kappa shape index (κ1) is 20.3. The minimum absolute atomic E-state index is 0.0836. The Balaban J connectivity index is 1.44. The van der Waals surface area contributed by atoms with Gasteiger partial charge in [0, 0.05) is 57.3 Å². The van der Waals surface area contributed by atoms with Crippen LogP contribution in [0.25, 0.3) is 11.4 Å². The van der Waals surface area contributed by atoms with Crippen LogP contribution in [0, 0.1) is 6.92 Å². The number of rotatable bonds is 4. The van der Waals surface area contributed by atoms with Crippen molar-refractivity contribution in [3.8, 4) is 11.4 Å². The molecule has 0 aliphatic carbocycles. The van der Waals surface area contributed by atoms with E-state index < -0.39 is 0 Å². The smallest absolute Gasteiger partial charge is 0.259 e. The lowest BCUT2D eigenvalue weighted by Gasteiger charge is -2.34. The van der Waals surface area contributed by atoms with E-state index >= 15 is 0 Å². The fourth-order valence-corrected chi connectivity index (χ4v) is 3.30. The van der Waals surface area contributed by atoms with Crippen LogP contribution in [0.3, 0.4) is 0 Å². The molecule has 10 nitrogen and oxygen atoms in total. The number of aromatic nitrogens is 5. The molecule has 158 valence electrons. The molecule has 2 amide bonds. The maximum absolute atomic E-state index is 12.7. The molecule has 4 rings (SSSR count). The maximum Gasteiger partial charge on any atom is 0.259 e. The SMILES string of the molecule is CC(=O)N1CCN(c2ccc(C(=O)Nc3nc(C)nc(-c4ccncc4)n3)cn2)CC1. The highest BCUT2D eigenvalue weighted by Crippen LogP contribution is 2.17. The Hall–Kier alpha value is -3.95. The molecular weight excluding hydrogens is 396 g/mol. The summed E-state index contributed by atoms with van der Waals surface area (Å²) in [4.78, 5) is 49.3. The van der Waals surface area contributed by atoms with E-state index in [0.29, 0.717) is 43.4 Å². The molecular formula is C21H22N8O2. The van der Waals surface area contributed by atoms with Crippen molar-refractivity contribution in [3.63, 3.8) is 0 Å². The van der Waals surface area contributed by atoms with Gasteiger partial charge in [-0.25, -0.2) is 9.97 Å². The number of carbonyl (C=O) groups excluding carboxylic acids is 2. The van der Waals surface area contributed by atoms with Gasteiger partial charge in [-0.2, -0.15) is 9.97 Å². The molecule has 1 aliphatic heterocycles. The predicted octanol–water partition coefficient (Wildman–Crippen LogP) is 1.56.